The number of carbonyl (C=O) groups excluding carboxylic acids is 1. The quantitative estimate of drug-likeness (QED) is 0.463. The summed E-state index contributed by atoms with van der Waals surface area (Å²) < 4.78 is 17.3. The van der Waals surface area contributed by atoms with E-state index >= 15 is 0 Å². The van der Waals surface area contributed by atoms with Gasteiger partial charge in [0.05, 0.1) is 12.8 Å². The Hall–Kier alpha value is -1.51. The molecule has 4 atom stereocenters. The lowest BCUT2D eigenvalue weighted by molar-refractivity contribution is -0.156. The maximum atomic E-state index is 12.0. The van der Waals surface area contributed by atoms with Crippen LogP contribution in [0.3, 0.4) is 0 Å². The van der Waals surface area contributed by atoms with E-state index in [0.29, 0.717) is 32.6 Å². The lowest BCUT2D eigenvalue weighted by Gasteiger charge is -2.34. The number of benzene rings is 1. The van der Waals surface area contributed by atoms with Gasteiger partial charge in [0.15, 0.2) is 0 Å². The third kappa shape index (κ3) is 7.56. The van der Waals surface area contributed by atoms with Crippen LogP contribution >= 0.6 is 0 Å². The molecule has 1 fully saturated rings. The standard InChI is InChI=1S/C20H33N3O4/c1-20(2,3)27-19(24)15(21)10-7-11-25-18(14-8-5-4-6-9-14)16-12-23-17(22)13-26-16/h4-6,8-9,15-18,23H,7,10-13,21-22H2,1-3H3. The number of rotatable bonds is 8. The first-order valence-electron chi connectivity index (χ1n) is 9.52. The zero-order chi connectivity index (χ0) is 19.9. The van der Waals surface area contributed by atoms with Crippen LogP contribution in [0.15, 0.2) is 30.3 Å². The molecule has 0 amide bonds. The molecule has 7 nitrogen and oxygen atoms in total. The molecule has 1 aliphatic rings. The van der Waals surface area contributed by atoms with Gasteiger partial charge in [0.25, 0.3) is 0 Å². The van der Waals surface area contributed by atoms with E-state index in [1.165, 1.54) is 0 Å². The van der Waals surface area contributed by atoms with Gasteiger partial charge in [-0.2, -0.15) is 0 Å². The number of nitrogens with two attached hydrogens (primary N) is 2. The zero-order valence-electron chi connectivity index (χ0n) is 16.5. The smallest absolute Gasteiger partial charge is 0.323 e. The second-order valence-electron chi connectivity index (χ2n) is 7.87. The van der Waals surface area contributed by atoms with E-state index in [4.69, 9.17) is 25.7 Å². The van der Waals surface area contributed by atoms with Crippen molar-refractivity contribution in [1.82, 2.24) is 5.32 Å². The van der Waals surface area contributed by atoms with E-state index in [9.17, 15) is 4.79 Å². The third-order valence-corrected chi connectivity index (χ3v) is 4.20. The molecule has 152 valence electrons. The SMILES string of the molecule is CC(C)(C)OC(=O)C(N)CCCOC(c1ccccc1)C1CNC(N)CO1. The van der Waals surface area contributed by atoms with Crippen molar-refractivity contribution < 1.29 is 19.0 Å². The third-order valence-electron chi connectivity index (χ3n) is 4.20. The van der Waals surface area contributed by atoms with Crippen LogP contribution in [0.25, 0.3) is 0 Å². The Morgan fingerprint density at radius 2 is 2.04 bits per heavy atom. The summed E-state index contributed by atoms with van der Waals surface area (Å²) in [4.78, 5) is 12.0. The van der Waals surface area contributed by atoms with Crippen LogP contribution in [0.4, 0.5) is 0 Å². The van der Waals surface area contributed by atoms with Crippen LogP contribution in [0.1, 0.15) is 45.3 Å². The fraction of sp³-hybridized carbons (Fsp3) is 0.650. The van der Waals surface area contributed by atoms with Crippen molar-refractivity contribution >= 4 is 5.97 Å². The van der Waals surface area contributed by atoms with Gasteiger partial charge in [-0.05, 0) is 39.2 Å². The first-order chi connectivity index (χ1) is 12.8. The molecule has 0 saturated carbocycles. The van der Waals surface area contributed by atoms with Gasteiger partial charge in [0.1, 0.15) is 23.9 Å². The molecule has 1 aromatic rings. The van der Waals surface area contributed by atoms with Crippen LogP contribution in [0.2, 0.25) is 0 Å². The Morgan fingerprint density at radius 1 is 1.33 bits per heavy atom. The Kier molecular flexibility index (Phi) is 8.19. The second kappa shape index (κ2) is 10.1. The summed E-state index contributed by atoms with van der Waals surface area (Å²) in [6, 6.07) is 9.33. The molecule has 0 bridgehead atoms. The van der Waals surface area contributed by atoms with Gasteiger partial charge in [-0.25, -0.2) is 0 Å². The molecule has 1 aromatic carbocycles. The number of morpholine rings is 1. The predicted octanol–water partition coefficient (Wildman–Crippen LogP) is 1.47. The van der Waals surface area contributed by atoms with Gasteiger partial charge in [-0.15, -0.1) is 0 Å². The molecule has 4 unspecified atom stereocenters. The van der Waals surface area contributed by atoms with Crippen molar-refractivity contribution in [2.75, 3.05) is 19.8 Å². The van der Waals surface area contributed by atoms with E-state index in [1.54, 1.807) is 0 Å². The van der Waals surface area contributed by atoms with E-state index in [0.717, 1.165) is 5.56 Å². The van der Waals surface area contributed by atoms with E-state index in [-0.39, 0.29) is 24.3 Å². The van der Waals surface area contributed by atoms with Gasteiger partial charge in [0, 0.05) is 13.2 Å². The summed E-state index contributed by atoms with van der Waals surface area (Å²) in [5.74, 6) is -0.379. The molecule has 7 heteroatoms. The van der Waals surface area contributed by atoms with Crippen molar-refractivity contribution in [3.63, 3.8) is 0 Å². The Morgan fingerprint density at radius 3 is 2.63 bits per heavy atom. The van der Waals surface area contributed by atoms with Gasteiger partial charge in [-0.1, -0.05) is 30.3 Å². The van der Waals surface area contributed by atoms with Gasteiger partial charge >= 0.3 is 5.97 Å². The molecule has 0 radical (unpaired) electrons. The number of esters is 1. The molecule has 0 aliphatic carbocycles. The van der Waals surface area contributed by atoms with Crippen molar-refractivity contribution in [3.8, 4) is 0 Å². The van der Waals surface area contributed by atoms with E-state index < -0.39 is 11.6 Å². The van der Waals surface area contributed by atoms with Crippen molar-refractivity contribution in [2.45, 2.75) is 63.6 Å². The van der Waals surface area contributed by atoms with Crippen LogP contribution < -0.4 is 16.8 Å². The van der Waals surface area contributed by atoms with Gasteiger partial charge in [0.2, 0.25) is 0 Å². The minimum atomic E-state index is -0.645. The van der Waals surface area contributed by atoms with E-state index in [1.807, 2.05) is 51.1 Å². The highest BCUT2D eigenvalue weighted by Crippen LogP contribution is 2.25. The summed E-state index contributed by atoms with van der Waals surface area (Å²) in [6.45, 7) is 7.03. The lowest BCUT2D eigenvalue weighted by Crippen LogP contribution is -2.53. The highest BCUT2D eigenvalue weighted by molar-refractivity contribution is 5.75. The molecular weight excluding hydrogens is 346 g/mol. The second-order valence-corrected chi connectivity index (χ2v) is 7.87. The molecule has 1 aliphatic heterocycles. The molecule has 2 rings (SSSR count). The molecule has 0 spiro atoms. The van der Waals surface area contributed by atoms with Crippen molar-refractivity contribution in [1.29, 1.82) is 0 Å². The van der Waals surface area contributed by atoms with Crippen LogP contribution in [-0.2, 0) is 19.0 Å². The maximum Gasteiger partial charge on any atom is 0.323 e. The summed E-state index contributed by atoms with van der Waals surface area (Å²) in [7, 11) is 0. The summed E-state index contributed by atoms with van der Waals surface area (Å²) in [6.07, 6.45) is 0.689. The maximum absolute atomic E-state index is 12.0. The van der Waals surface area contributed by atoms with Crippen LogP contribution in [0, 0.1) is 0 Å². The Labute approximate surface area is 161 Å². The number of carbonyl (C=O) groups is 1. The minimum absolute atomic E-state index is 0.119. The lowest BCUT2D eigenvalue weighted by atomic mass is 10.0. The fourth-order valence-electron chi connectivity index (χ4n) is 2.88. The topological polar surface area (TPSA) is 109 Å². The first kappa shape index (κ1) is 21.8. The highest BCUT2D eigenvalue weighted by Gasteiger charge is 2.29. The normalized spacial score (nSPS) is 22.9. The average Bonchev–Trinajstić information content (AvgIpc) is 2.62. The average molecular weight is 380 g/mol. The summed E-state index contributed by atoms with van der Waals surface area (Å²) in [5, 5.41) is 3.22. The van der Waals surface area contributed by atoms with Crippen LogP contribution in [-0.4, -0.2) is 49.6 Å². The molecule has 0 aromatic heterocycles. The largest absolute Gasteiger partial charge is 0.459 e. The molecular formula is C20H33N3O4. The number of nitrogens with one attached hydrogen (secondary N) is 1. The fourth-order valence-corrected chi connectivity index (χ4v) is 2.88. The van der Waals surface area contributed by atoms with Crippen molar-refractivity contribution in [2.24, 2.45) is 11.5 Å². The molecule has 1 saturated heterocycles. The molecule has 27 heavy (non-hydrogen) atoms. The van der Waals surface area contributed by atoms with Crippen LogP contribution in [0.5, 0.6) is 0 Å². The summed E-state index contributed by atoms with van der Waals surface area (Å²) >= 11 is 0. The van der Waals surface area contributed by atoms with E-state index in [2.05, 4.69) is 5.32 Å². The first-order valence-corrected chi connectivity index (χ1v) is 9.52. The molecule has 5 N–H and O–H groups in total. The Balaban J connectivity index is 1.84. The highest BCUT2D eigenvalue weighted by atomic mass is 16.6. The monoisotopic (exact) mass is 379 g/mol. The zero-order valence-corrected chi connectivity index (χ0v) is 16.5. The van der Waals surface area contributed by atoms with Gasteiger partial charge < -0.3 is 25.7 Å². The predicted molar refractivity (Wildman–Crippen MR) is 104 cm³/mol. The van der Waals surface area contributed by atoms with Crippen molar-refractivity contribution in [3.05, 3.63) is 35.9 Å². The van der Waals surface area contributed by atoms with Gasteiger partial charge in [-0.3, -0.25) is 10.1 Å². The number of hydrogen-bond acceptors (Lipinski definition) is 7. The number of hydrogen-bond donors (Lipinski definition) is 3. The number of ether oxygens (including phenoxy) is 3. The minimum Gasteiger partial charge on any atom is -0.459 e. The molecule has 1 heterocycles. The Bertz CT molecular complexity index is 568. The summed E-state index contributed by atoms with van der Waals surface area (Å²) in [5.41, 5.74) is 12.3.